The van der Waals surface area contributed by atoms with Gasteiger partial charge in [-0.1, -0.05) is 98.9 Å². The smallest absolute Gasteiger partial charge is 0.159 e. The number of hydrogen-bond acceptors (Lipinski definition) is 0. The molecule has 31 heavy (non-hydrogen) atoms. The summed E-state index contributed by atoms with van der Waals surface area (Å²) >= 11 is 0. The zero-order valence-electron chi connectivity index (χ0n) is 18.3. The normalized spacial score (nSPS) is 15.3. The van der Waals surface area contributed by atoms with Gasteiger partial charge in [0, 0.05) is 8.80 Å². The number of rotatable bonds is 7. The third-order valence-electron chi connectivity index (χ3n) is 6.66. The first kappa shape index (κ1) is 21.9. The molecule has 1 aliphatic rings. The molecular formula is C28H31F2Si. The van der Waals surface area contributed by atoms with Crippen molar-refractivity contribution >= 4 is 8.80 Å². The highest BCUT2D eigenvalue weighted by atomic mass is 28.3. The standard InChI is InChI=1S/C28H31F2Si/c1-2-3-7-16-31-17-14-21(15-18-31)23-10-12-25(22-8-5-4-6-9-22)26(19-23)24-11-13-27(29)28(30)20-24/h4-6,8-13,19-21H,2-3,7,14-18H2,1H3. The van der Waals surface area contributed by atoms with Gasteiger partial charge in [0.05, 0.1) is 0 Å². The highest BCUT2D eigenvalue weighted by molar-refractivity contribution is 6.59. The summed E-state index contributed by atoms with van der Waals surface area (Å²) in [6, 6.07) is 25.4. The van der Waals surface area contributed by atoms with Crippen molar-refractivity contribution in [1.29, 1.82) is 0 Å². The third kappa shape index (κ3) is 5.33. The SMILES string of the molecule is CCCCC[Si]1CCC(c2ccc(-c3ccccc3)c(-c3ccc(F)c(F)c3)c2)CC1. The van der Waals surface area contributed by atoms with Crippen molar-refractivity contribution in [2.24, 2.45) is 0 Å². The lowest BCUT2D eigenvalue weighted by molar-refractivity contribution is 0.509. The Balaban J connectivity index is 1.61. The molecule has 3 aromatic rings. The number of benzene rings is 3. The van der Waals surface area contributed by atoms with Crippen LogP contribution in [0.15, 0.2) is 66.7 Å². The van der Waals surface area contributed by atoms with E-state index in [1.54, 1.807) is 6.07 Å². The summed E-state index contributed by atoms with van der Waals surface area (Å²) in [7, 11) is -0.174. The Labute approximate surface area is 186 Å². The van der Waals surface area contributed by atoms with Crippen LogP contribution < -0.4 is 0 Å². The fraction of sp³-hybridized carbons (Fsp3) is 0.357. The molecule has 0 atom stereocenters. The Kier molecular flexibility index (Phi) is 7.34. The lowest BCUT2D eigenvalue weighted by Crippen LogP contribution is -2.20. The molecule has 1 aliphatic heterocycles. The fourth-order valence-corrected chi connectivity index (χ4v) is 7.84. The van der Waals surface area contributed by atoms with Gasteiger partial charge in [-0.15, -0.1) is 0 Å². The lowest BCUT2D eigenvalue weighted by Gasteiger charge is -2.28. The van der Waals surface area contributed by atoms with Gasteiger partial charge < -0.3 is 0 Å². The average molecular weight is 434 g/mol. The van der Waals surface area contributed by atoms with Crippen LogP contribution >= 0.6 is 0 Å². The van der Waals surface area contributed by atoms with E-state index < -0.39 is 11.6 Å². The van der Waals surface area contributed by atoms with Crippen LogP contribution in [0, 0.1) is 11.6 Å². The maximum absolute atomic E-state index is 14.1. The molecule has 0 aliphatic carbocycles. The van der Waals surface area contributed by atoms with E-state index in [-0.39, 0.29) is 8.80 Å². The van der Waals surface area contributed by atoms with Crippen molar-refractivity contribution in [3.63, 3.8) is 0 Å². The second kappa shape index (κ2) is 10.4. The molecule has 1 fully saturated rings. The molecule has 0 unspecified atom stereocenters. The fourth-order valence-electron chi connectivity index (χ4n) is 4.82. The van der Waals surface area contributed by atoms with E-state index in [1.807, 2.05) is 18.2 Å². The minimum atomic E-state index is -0.800. The number of halogens is 2. The second-order valence-electron chi connectivity index (χ2n) is 8.78. The van der Waals surface area contributed by atoms with Crippen molar-refractivity contribution in [3.8, 4) is 22.3 Å². The van der Waals surface area contributed by atoms with Crippen LogP contribution in [0.3, 0.4) is 0 Å². The van der Waals surface area contributed by atoms with E-state index in [9.17, 15) is 8.78 Å². The van der Waals surface area contributed by atoms with Gasteiger partial charge in [0.1, 0.15) is 0 Å². The Hall–Kier alpha value is -2.26. The van der Waals surface area contributed by atoms with Crippen LogP contribution in [0.4, 0.5) is 8.78 Å². The average Bonchev–Trinajstić information content (AvgIpc) is 2.82. The second-order valence-corrected chi connectivity index (χ2v) is 11.8. The van der Waals surface area contributed by atoms with Crippen LogP contribution in [0.1, 0.15) is 50.5 Å². The maximum Gasteiger partial charge on any atom is 0.159 e. The maximum atomic E-state index is 14.1. The van der Waals surface area contributed by atoms with Gasteiger partial charge in [0.25, 0.3) is 0 Å². The predicted molar refractivity (Wildman–Crippen MR) is 129 cm³/mol. The van der Waals surface area contributed by atoms with E-state index >= 15 is 0 Å². The quantitative estimate of drug-likeness (QED) is 0.258. The molecule has 3 aromatic carbocycles. The van der Waals surface area contributed by atoms with Crippen molar-refractivity contribution in [1.82, 2.24) is 0 Å². The summed E-state index contributed by atoms with van der Waals surface area (Å²) in [5, 5.41) is 0. The third-order valence-corrected chi connectivity index (χ3v) is 9.71. The molecule has 161 valence electrons. The molecule has 4 rings (SSSR count). The summed E-state index contributed by atoms with van der Waals surface area (Å²) in [4.78, 5) is 0. The van der Waals surface area contributed by atoms with Gasteiger partial charge in [-0.2, -0.15) is 0 Å². The molecule has 1 heterocycles. The highest BCUT2D eigenvalue weighted by Gasteiger charge is 2.24. The molecule has 0 N–H and O–H groups in total. The number of unbranched alkanes of at least 4 members (excludes halogenated alkanes) is 2. The largest absolute Gasteiger partial charge is 0.204 e. The van der Waals surface area contributed by atoms with E-state index in [1.165, 1.54) is 67.9 Å². The van der Waals surface area contributed by atoms with E-state index in [4.69, 9.17) is 0 Å². The summed E-state index contributed by atoms with van der Waals surface area (Å²) in [5.74, 6) is -1.01. The van der Waals surface area contributed by atoms with Crippen LogP contribution in [0.5, 0.6) is 0 Å². The minimum Gasteiger partial charge on any atom is -0.204 e. The van der Waals surface area contributed by atoms with Gasteiger partial charge >= 0.3 is 0 Å². The topological polar surface area (TPSA) is 0 Å². The molecule has 0 amide bonds. The van der Waals surface area contributed by atoms with Crippen molar-refractivity contribution in [2.45, 2.75) is 63.1 Å². The molecule has 0 bridgehead atoms. The van der Waals surface area contributed by atoms with Gasteiger partial charge in [0.2, 0.25) is 0 Å². The van der Waals surface area contributed by atoms with Crippen LogP contribution in [0.2, 0.25) is 18.1 Å². The van der Waals surface area contributed by atoms with Crippen molar-refractivity contribution < 1.29 is 8.78 Å². The molecule has 0 aromatic heterocycles. The zero-order valence-corrected chi connectivity index (χ0v) is 19.3. The summed E-state index contributed by atoms with van der Waals surface area (Å²) < 4.78 is 27.6. The van der Waals surface area contributed by atoms with Gasteiger partial charge in [-0.05, 0) is 58.7 Å². The number of hydrogen-bond donors (Lipinski definition) is 0. The predicted octanol–water partition coefficient (Wildman–Crippen LogP) is 8.86. The van der Waals surface area contributed by atoms with Crippen LogP contribution in [-0.2, 0) is 0 Å². The van der Waals surface area contributed by atoms with Crippen LogP contribution in [0.25, 0.3) is 22.3 Å². The molecule has 1 saturated heterocycles. The first-order valence-corrected chi connectivity index (χ1v) is 13.8. The molecule has 1 radical (unpaired) electrons. The Morgan fingerprint density at radius 3 is 2.26 bits per heavy atom. The van der Waals surface area contributed by atoms with Crippen molar-refractivity contribution in [2.75, 3.05) is 0 Å². The van der Waals surface area contributed by atoms with E-state index in [0.29, 0.717) is 5.92 Å². The monoisotopic (exact) mass is 433 g/mol. The highest BCUT2D eigenvalue weighted by Crippen LogP contribution is 2.40. The summed E-state index contributed by atoms with van der Waals surface area (Å²) in [5.41, 5.74) is 5.23. The molecule has 0 saturated carbocycles. The zero-order chi connectivity index (χ0) is 21.6. The minimum absolute atomic E-state index is 0.174. The van der Waals surface area contributed by atoms with Crippen LogP contribution in [-0.4, -0.2) is 8.80 Å². The first-order chi connectivity index (χ1) is 15.2. The lowest BCUT2D eigenvalue weighted by atomic mass is 9.87. The first-order valence-electron chi connectivity index (χ1n) is 11.6. The molecule has 0 nitrogen and oxygen atoms in total. The van der Waals surface area contributed by atoms with E-state index in [2.05, 4.69) is 37.3 Å². The Morgan fingerprint density at radius 1 is 0.774 bits per heavy atom. The summed E-state index contributed by atoms with van der Waals surface area (Å²) in [6.45, 7) is 2.28. The van der Waals surface area contributed by atoms with Gasteiger partial charge in [0.15, 0.2) is 11.6 Å². The Bertz CT molecular complexity index is 991. The Morgan fingerprint density at radius 2 is 1.55 bits per heavy atom. The molecule has 3 heteroatoms. The van der Waals surface area contributed by atoms with E-state index in [0.717, 1.165) is 22.3 Å². The van der Waals surface area contributed by atoms with Crippen molar-refractivity contribution in [3.05, 3.63) is 83.9 Å². The van der Waals surface area contributed by atoms with Gasteiger partial charge in [-0.3, -0.25) is 0 Å². The molecular weight excluding hydrogens is 402 g/mol. The molecule has 0 spiro atoms. The summed E-state index contributed by atoms with van der Waals surface area (Å²) in [6.07, 6.45) is 6.61. The van der Waals surface area contributed by atoms with Gasteiger partial charge in [-0.25, -0.2) is 8.78 Å².